The smallest absolute Gasteiger partial charge is 0.262 e. The standard InChI is InChI=1S/C33H36N6O7/c40-28-8-7-27(30(42)35-28)39-32(44)25-6-5-24(17-26(25)33(39)45)36-11-9-23(10-12-36)37-13-15-38(16-14-37)31(43)21-3-1-20(2-4-21)29(41)34-22-18-46-19-22/h1-6,17,22-23,27H,7-16,18-19H2,(H,34,41)(H,35,40,42). The second-order valence-electron chi connectivity index (χ2n) is 12.5. The largest absolute Gasteiger partial charge is 0.377 e. The number of anilines is 1. The molecule has 13 heteroatoms. The lowest BCUT2D eigenvalue weighted by molar-refractivity contribution is -0.136. The second-order valence-corrected chi connectivity index (χ2v) is 12.5. The molecule has 5 heterocycles. The zero-order valence-electron chi connectivity index (χ0n) is 25.4. The average Bonchev–Trinajstić information content (AvgIpc) is 3.31. The summed E-state index contributed by atoms with van der Waals surface area (Å²) in [6.07, 6.45) is 2.07. The van der Waals surface area contributed by atoms with Gasteiger partial charge in [0, 0.05) is 68.5 Å². The molecule has 13 nitrogen and oxygen atoms in total. The van der Waals surface area contributed by atoms with Gasteiger partial charge >= 0.3 is 0 Å². The molecule has 0 spiro atoms. The summed E-state index contributed by atoms with van der Waals surface area (Å²) in [6.45, 7) is 5.47. The molecule has 1 atom stereocenters. The maximum absolute atomic E-state index is 13.2. The predicted molar refractivity (Wildman–Crippen MR) is 164 cm³/mol. The Bertz CT molecular complexity index is 1590. The minimum absolute atomic E-state index is 0.0328. The molecular formula is C33H36N6O7. The highest BCUT2D eigenvalue weighted by molar-refractivity contribution is 6.23. The van der Waals surface area contributed by atoms with Crippen molar-refractivity contribution in [3.05, 3.63) is 64.7 Å². The molecule has 0 saturated carbocycles. The van der Waals surface area contributed by atoms with E-state index in [1.54, 1.807) is 36.4 Å². The first-order valence-corrected chi connectivity index (χ1v) is 15.9. The lowest BCUT2D eigenvalue weighted by Gasteiger charge is -2.43. The highest BCUT2D eigenvalue weighted by Crippen LogP contribution is 2.32. The Morgan fingerprint density at radius 3 is 2.11 bits per heavy atom. The Kier molecular flexibility index (Phi) is 8.03. The van der Waals surface area contributed by atoms with Crippen molar-refractivity contribution in [2.45, 2.75) is 43.8 Å². The molecule has 7 rings (SSSR count). The van der Waals surface area contributed by atoms with E-state index in [0.717, 1.165) is 49.6 Å². The number of fused-ring (bicyclic) bond motifs is 1. The number of imide groups is 2. The summed E-state index contributed by atoms with van der Waals surface area (Å²) in [5.41, 5.74) is 2.52. The van der Waals surface area contributed by atoms with Crippen LogP contribution >= 0.6 is 0 Å². The molecule has 5 aliphatic heterocycles. The predicted octanol–water partition coefficient (Wildman–Crippen LogP) is 0.643. The number of ether oxygens (including phenoxy) is 1. The summed E-state index contributed by atoms with van der Waals surface area (Å²) < 4.78 is 5.09. The normalized spacial score (nSPS) is 22.9. The quantitative estimate of drug-likeness (QED) is 0.440. The third kappa shape index (κ3) is 5.64. The summed E-state index contributed by atoms with van der Waals surface area (Å²) >= 11 is 0. The van der Waals surface area contributed by atoms with Crippen molar-refractivity contribution in [1.29, 1.82) is 0 Å². The van der Waals surface area contributed by atoms with Gasteiger partial charge in [-0.3, -0.25) is 43.9 Å². The number of nitrogens with one attached hydrogen (secondary N) is 2. The van der Waals surface area contributed by atoms with E-state index >= 15 is 0 Å². The lowest BCUT2D eigenvalue weighted by Crippen LogP contribution is -2.54. The van der Waals surface area contributed by atoms with Crippen molar-refractivity contribution in [3.63, 3.8) is 0 Å². The first-order chi connectivity index (χ1) is 22.3. The van der Waals surface area contributed by atoms with Gasteiger partial charge in [-0.1, -0.05) is 0 Å². The number of rotatable bonds is 6. The topological polar surface area (TPSA) is 149 Å². The van der Waals surface area contributed by atoms with E-state index in [9.17, 15) is 28.8 Å². The van der Waals surface area contributed by atoms with Crippen LogP contribution in [0.15, 0.2) is 42.5 Å². The van der Waals surface area contributed by atoms with Gasteiger partial charge in [-0.25, -0.2) is 0 Å². The van der Waals surface area contributed by atoms with Crippen molar-refractivity contribution in [2.75, 3.05) is 57.4 Å². The van der Waals surface area contributed by atoms with Gasteiger partial charge in [0.25, 0.3) is 23.6 Å². The zero-order chi connectivity index (χ0) is 31.9. The molecule has 5 aliphatic rings. The number of benzene rings is 2. The van der Waals surface area contributed by atoms with Gasteiger partial charge in [0.1, 0.15) is 6.04 Å². The SMILES string of the molecule is O=C1CCC(N2C(=O)c3ccc(N4CCC(N5CCN(C(=O)c6ccc(C(=O)NC7COC7)cc6)CC5)CC4)cc3C2=O)C(=O)N1. The minimum atomic E-state index is -0.980. The van der Waals surface area contributed by atoms with Gasteiger partial charge in [-0.15, -0.1) is 0 Å². The molecule has 4 saturated heterocycles. The molecule has 240 valence electrons. The first-order valence-electron chi connectivity index (χ1n) is 15.9. The monoisotopic (exact) mass is 628 g/mol. The van der Waals surface area contributed by atoms with E-state index in [1.165, 1.54) is 0 Å². The molecule has 0 bridgehead atoms. The summed E-state index contributed by atoms with van der Waals surface area (Å²) in [5, 5.41) is 5.13. The van der Waals surface area contributed by atoms with E-state index in [1.807, 2.05) is 11.0 Å². The number of nitrogens with zero attached hydrogens (tertiary/aromatic N) is 4. The summed E-state index contributed by atoms with van der Waals surface area (Å²) in [6, 6.07) is 11.5. The van der Waals surface area contributed by atoms with Crippen LogP contribution in [0, 0.1) is 0 Å². The number of carbonyl (C=O) groups excluding carboxylic acids is 6. The number of piperidine rings is 2. The van der Waals surface area contributed by atoms with E-state index in [2.05, 4.69) is 20.4 Å². The molecule has 0 aromatic heterocycles. The molecule has 0 aliphatic carbocycles. The first kappa shape index (κ1) is 30.1. The van der Waals surface area contributed by atoms with Crippen molar-refractivity contribution in [2.24, 2.45) is 0 Å². The van der Waals surface area contributed by atoms with Crippen molar-refractivity contribution in [1.82, 2.24) is 25.3 Å². The third-order valence-electron chi connectivity index (χ3n) is 9.74. The van der Waals surface area contributed by atoms with Gasteiger partial charge in [0.2, 0.25) is 11.8 Å². The van der Waals surface area contributed by atoms with E-state index < -0.39 is 29.7 Å². The van der Waals surface area contributed by atoms with E-state index in [4.69, 9.17) is 4.74 Å². The summed E-state index contributed by atoms with van der Waals surface area (Å²) in [7, 11) is 0. The fourth-order valence-corrected chi connectivity index (χ4v) is 6.97. The number of piperazine rings is 1. The van der Waals surface area contributed by atoms with Crippen LogP contribution in [0.3, 0.4) is 0 Å². The average molecular weight is 629 g/mol. The number of carbonyl (C=O) groups is 6. The van der Waals surface area contributed by atoms with Gasteiger partial charge in [0.05, 0.1) is 30.4 Å². The molecule has 6 amide bonds. The van der Waals surface area contributed by atoms with Crippen LogP contribution in [-0.2, 0) is 14.3 Å². The molecule has 1 unspecified atom stereocenters. The number of amides is 6. The molecule has 0 radical (unpaired) electrons. The van der Waals surface area contributed by atoms with Gasteiger partial charge in [0.15, 0.2) is 0 Å². The summed E-state index contributed by atoms with van der Waals surface area (Å²) in [5.74, 6) is -2.22. The highest BCUT2D eigenvalue weighted by Gasteiger charge is 2.45. The fourth-order valence-electron chi connectivity index (χ4n) is 6.97. The van der Waals surface area contributed by atoms with Crippen LogP contribution in [0.2, 0.25) is 0 Å². The molecule has 2 aromatic rings. The number of hydrogen-bond acceptors (Lipinski definition) is 9. The molecule has 4 fully saturated rings. The highest BCUT2D eigenvalue weighted by atomic mass is 16.5. The number of hydrogen-bond donors (Lipinski definition) is 2. The Morgan fingerprint density at radius 2 is 1.46 bits per heavy atom. The minimum Gasteiger partial charge on any atom is -0.377 e. The van der Waals surface area contributed by atoms with Crippen LogP contribution < -0.4 is 15.5 Å². The van der Waals surface area contributed by atoms with Crippen LogP contribution in [0.25, 0.3) is 0 Å². The third-order valence-corrected chi connectivity index (χ3v) is 9.74. The van der Waals surface area contributed by atoms with Crippen molar-refractivity contribution in [3.8, 4) is 0 Å². The Balaban J connectivity index is 0.904. The lowest BCUT2D eigenvalue weighted by atomic mass is 10.0. The molecule has 2 N–H and O–H groups in total. The van der Waals surface area contributed by atoms with Crippen LogP contribution in [-0.4, -0.2) is 121 Å². The molecule has 46 heavy (non-hydrogen) atoms. The Hall–Kier alpha value is -4.62. The van der Waals surface area contributed by atoms with Crippen molar-refractivity contribution >= 4 is 41.1 Å². The summed E-state index contributed by atoms with van der Waals surface area (Å²) in [4.78, 5) is 83.3. The van der Waals surface area contributed by atoms with E-state index in [-0.39, 0.29) is 41.8 Å². The van der Waals surface area contributed by atoms with Crippen molar-refractivity contribution < 1.29 is 33.5 Å². The van der Waals surface area contributed by atoms with Crippen LogP contribution in [0.1, 0.15) is 67.1 Å². The maximum Gasteiger partial charge on any atom is 0.262 e. The van der Waals surface area contributed by atoms with Gasteiger partial charge < -0.3 is 19.9 Å². The van der Waals surface area contributed by atoms with Gasteiger partial charge in [-0.05, 0) is 61.7 Å². The van der Waals surface area contributed by atoms with Crippen LogP contribution in [0.5, 0.6) is 0 Å². The second kappa shape index (κ2) is 12.3. The fraction of sp³-hybridized carbons (Fsp3) is 0.455. The van der Waals surface area contributed by atoms with Crippen LogP contribution in [0.4, 0.5) is 5.69 Å². The van der Waals surface area contributed by atoms with Gasteiger partial charge in [-0.2, -0.15) is 0 Å². The maximum atomic E-state index is 13.2. The Labute approximate surface area is 265 Å². The zero-order valence-corrected chi connectivity index (χ0v) is 25.4. The van der Waals surface area contributed by atoms with E-state index in [0.29, 0.717) is 43.5 Å². The molecular weight excluding hydrogens is 592 g/mol. The Morgan fingerprint density at radius 1 is 0.783 bits per heavy atom. The molecule has 2 aromatic carbocycles.